The molecule has 1 fully saturated rings. The summed E-state index contributed by atoms with van der Waals surface area (Å²) >= 11 is 0. The van der Waals surface area contributed by atoms with Gasteiger partial charge in [0.1, 0.15) is 23.9 Å². The third-order valence-electron chi connectivity index (χ3n) is 4.49. The number of nitrogens with one attached hydrogen (secondary N) is 1. The van der Waals surface area contributed by atoms with Crippen LogP contribution in [0, 0.1) is 0 Å². The lowest BCUT2D eigenvalue weighted by Gasteiger charge is -2.14. The van der Waals surface area contributed by atoms with E-state index in [1.165, 1.54) is 0 Å². The van der Waals surface area contributed by atoms with Crippen LogP contribution in [0.25, 0.3) is 0 Å². The molecule has 0 aliphatic carbocycles. The standard InChI is InChI=1S/C21H25NO5/c1-24-17-5-3-6-18(12-17)27-14-16-11-15(8-9-20(16)25-2)21(23)22-13-19-7-4-10-26-19/h3,5-6,8-9,11-12,19H,4,7,10,13-14H2,1-2H3,(H,22,23)/t19-/m0/s1. The van der Waals surface area contributed by atoms with Crippen molar-refractivity contribution in [3.63, 3.8) is 0 Å². The maximum absolute atomic E-state index is 12.4. The van der Waals surface area contributed by atoms with Gasteiger partial charge >= 0.3 is 0 Å². The van der Waals surface area contributed by atoms with Crippen molar-refractivity contribution in [3.8, 4) is 17.2 Å². The Morgan fingerprint density at radius 3 is 2.74 bits per heavy atom. The van der Waals surface area contributed by atoms with Crippen LogP contribution < -0.4 is 19.5 Å². The van der Waals surface area contributed by atoms with Crippen LogP contribution in [0.2, 0.25) is 0 Å². The highest BCUT2D eigenvalue weighted by molar-refractivity contribution is 5.94. The number of ether oxygens (including phenoxy) is 4. The molecule has 1 N–H and O–H groups in total. The molecule has 0 aromatic heterocycles. The third-order valence-corrected chi connectivity index (χ3v) is 4.49. The van der Waals surface area contributed by atoms with E-state index in [1.54, 1.807) is 32.4 Å². The molecule has 1 aliphatic heterocycles. The fraction of sp³-hybridized carbons (Fsp3) is 0.381. The van der Waals surface area contributed by atoms with Crippen LogP contribution in [0.3, 0.4) is 0 Å². The van der Waals surface area contributed by atoms with Gasteiger partial charge in [0.2, 0.25) is 0 Å². The van der Waals surface area contributed by atoms with Gasteiger partial charge in [-0.05, 0) is 43.2 Å². The van der Waals surface area contributed by atoms with Crippen LogP contribution in [0.5, 0.6) is 17.2 Å². The zero-order valence-corrected chi connectivity index (χ0v) is 15.7. The first-order valence-corrected chi connectivity index (χ1v) is 9.03. The topological polar surface area (TPSA) is 66.0 Å². The Kier molecular flexibility index (Phi) is 6.54. The summed E-state index contributed by atoms with van der Waals surface area (Å²) in [6.45, 7) is 1.58. The Hall–Kier alpha value is -2.73. The lowest BCUT2D eigenvalue weighted by molar-refractivity contribution is 0.0857. The molecule has 1 heterocycles. The summed E-state index contributed by atoms with van der Waals surface area (Å²) in [6, 6.07) is 12.7. The highest BCUT2D eigenvalue weighted by Gasteiger charge is 2.17. The minimum atomic E-state index is -0.129. The molecule has 1 saturated heterocycles. The van der Waals surface area contributed by atoms with Crippen LogP contribution >= 0.6 is 0 Å². The molecular formula is C21H25NO5. The van der Waals surface area contributed by atoms with Crippen LogP contribution in [0.4, 0.5) is 0 Å². The maximum atomic E-state index is 12.4. The van der Waals surface area contributed by atoms with Crippen molar-refractivity contribution in [2.75, 3.05) is 27.4 Å². The quantitative estimate of drug-likeness (QED) is 0.772. The van der Waals surface area contributed by atoms with Crippen molar-refractivity contribution in [1.29, 1.82) is 0 Å². The molecule has 1 atom stereocenters. The minimum Gasteiger partial charge on any atom is -0.497 e. The fourth-order valence-corrected chi connectivity index (χ4v) is 3.00. The Morgan fingerprint density at radius 2 is 2.00 bits per heavy atom. The van der Waals surface area contributed by atoms with E-state index >= 15 is 0 Å². The molecule has 0 unspecified atom stereocenters. The summed E-state index contributed by atoms with van der Waals surface area (Å²) in [7, 11) is 3.21. The number of methoxy groups -OCH3 is 2. The van der Waals surface area contributed by atoms with Gasteiger partial charge in [0.05, 0.1) is 20.3 Å². The molecule has 1 amide bonds. The summed E-state index contributed by atoms with van der Waals surface area (Å²) < 4.78 is 22.0. The van der Waals surface area contributed by atoms with Gasteiger partial charge in [0.25, 0.3) is 5.91 Å². The van der Waals surface area contributed by atoms with Crippen molar-refractivity contribution >= 4 is 5.91 Å². The van der Waals surface area contributed by atoms with Gasteiger partial charge in [-0.2, -0.15) is 0 Å². The van der Waals surface area contributed by atoms with E-state index in [0.717, 1.165) is 30.8 Å². The normalized spacial score (nSPS) is 16.0. The predicted octanol–water partition coefficient (Wildman–Crippen LogP) is 3.19. The molecule has 0 saturated carbocycles. The number of benzene rings is 2. The average molecular weight is 371 g/mol. The van der Waals surface area contributed by atoms with Gasteiger partial charge < -0.3 is 24.3 Å². The van der Waals surface area contributed by atoms with Crippen molar-refractivity contribution < 1.29 is 23.7 Å². The summed E-state index contributed by atoms with van der Waals surface area (Å²) in [5.41, 5.74) is 1.36. The van der Waals surface area contributed by atoms with E-state index in [4.69, 9.17) is 18.9 Å². The summed E-state index contributed by atoms with van der Waals surface area (Å²) in [6.07, 6.45) is 2.15. The first-order valence-electron chi connectivity index (χ1n) is 9.03. The molecule has 2 aromatic carbocycles. The number of carbonyl (C=O) groups excluding carboxylic acids is 1. The molecule has 144 valence electrons. The number of rotatable bonds is 8. The molecule has 1 aliphatic rings. The second-order valence-corrected chi connectivity index (χ2v) is 6.34. The lowest BCUT2D eigenvalue weighted by Crippen LogP contribution is -2.31. The van der Waals surface area contributed by atoms with Gasteiger partial charge in [-0.1, -0.05) is 6.07 Å². The third kappa shape index (κ3) is 5.14. The predicted molar refractivity (Wildman–Crippen MR) is 102 cm³/mol. The van der Waals surface area contributed by atoms with Crippen LogP contribution in [0.15, 0.2) is 42.5 Å². The van der Waals surface area contributed by atoms with E-state index in [9.17, 15) is 4.79 Å². The van der Waals surface area contributed by atoms with E-state index < -0.39 is 0 Å². The van der Waals surface area contributed by atoms with Crippen LogP contribution in [0.1, 0.15) is 28.8 Å². The summed E-state index contributed by atoms with van der Waals surface area (Å²) in [5.74, 6) is 1.95. The molecule has 0 radical (unpaired) electrons. The maximum Gasteiger partial charge on any atom is 0.251 e. The molecular weight excluding hydrogens is 346 g/mol. The average Bonchev–Trinajstić information content (AvgIpc) is 3.24. The van der Waals surface area contributed by atoms with E-state index in [0.29, 0.717) is 23.6 Å². The van der Waals surface area contributed by atoms with Gasteiger partial charge in [-0.15, -0.1) is 0 Å². The Bertz CT molecular complexity index is 771. The molecule has 0 spiro atoms. The fourth-order valence-electron chi connectivity index (χ4n) is 3.00. The van der Waals surface area contributed by atoms with Crippen molar-refractivity contribution in [1.82, 2.24) is 5.32 Å². The minimum absolute atomic E-state index is 0.114. The smallest absolute Gasteiger partial charge is 0.251 e. The number of hydrogen-bond donors (Lipinski definition) is 1. The first kappa shape index (κ1) is 19.0. The molecule has 6 nitrogen and oxygen atoms in total. The van der Waals surface area contributed by atoms with Crippen molar-refractivity contribution in [2.24, 2.45) is 0 Å². The SMILES string of the molecule is COc1cccc(OCc2cc(C(=O)NC[C@@H]3CCCO3)ccc2OC)c1. The Morgan fingerprint density at radius 1 is 1.15 bits per heavy atom. The molecule has 0 bridgehead atoms. The lowest BCUT2D eigenvalue weighted by atomic mass is 10.1. The van der Waals surface area contributed by atoms with Gasteiger partial charge in [-0.25, -0.2) is 0 Å². The molecule has 3 rings (SSSR count). The second-order valence-electron chi connectivity index (χ2n) is 6.34. The van der Waals surface area contributed by atoms with Gasteiger partial charge in [0, 0.05) is 30.3 Å². The zero-order chi connectivity index (χ0) is 19.1. The molecule has 27 heavy (non-hydrogen) atoms. The molecule has 6 heteroatoms. The van der Waals surface area contributed by atoms with Crippen LogP contribution in [-0.4, -0.2) is 39.4 Å². The van der Waals surface area contributed by atoms with Crippen LogP contribution in [-0.2, 0) is 11.3 Å². The second kappa shape index (κ2) is 9.28. The summed E-state index contributed by atoms with van der Waals surface area (Å²) in [4.78, 5) is 12.4. The summed E-state index contributed by atoms with van der Waals surface area (Å²) in [5, 5.41) is 2.93. The zero-order valence-electron chi connectivity index (χ0n) is 15.7. The molecule has 2 aromatic rings. The Labute approximate surface area is 159 Å². The van der Waals surface area contributed by atoms with E-state index in [1.807, 2.05) is 24.3 Å². The Balaban J connectivity index is 1.65. The van der Waals surface area contributed by atoms with E-state index in [-0.39, 0.29) is 18.6 Å². The number of hydrogen-bond acceptors (Lipinski definition) is 5. The van der Waals surface area contributed by atoms with Gasteiger partial charge in [-0.3, -0.25) is 4.79 Å². The van der Waals surface area contributed by atoms with Crippen molar-refractivity contribution in [2.45, 2.75) is 25.6 Å². The van der Waals surface area contributed by atoms with Gasteiger partial charge in [0.15, 0.2) is 0 Å². The monoisotopic (exact) mass is 371 g/mol. The highest BCUT2D eigenvalue weighted by Crippen LogP contribution is 2.24. The number of carbonyl (C=O) groups is 1. The van der Waals surface area contributed by atoms with Crippen molar-refractivity contribution in [3.05, 3.63) is 53.6 Å². The number of amides is 1. The highest BCUT2D eigenvalue weighted by atomic mass is 16.5. The van der Waals surface area contributed by atoms with E-state index in [2.05, 4.69) is 5.32 Å². The largest absolute Gasteiger partial charge is 0.497 e. The first-order chi connectivity index (χ1) is 13.2.